The van der Waals surface area contributed by atoms with Crippen LogP contribution in [0.2, 0.25) is 0 Å². The van der Waals surface area contributed by atoms with E-state index >= 15 is 0 Å². The van der Waals surface area contributed by atoms with Crippen LogP contribution in [0, 0.1) is 10.8 Å². The molecular formula is C21H28N2O4S2. The number of aromatic nitrogens is 1. The zero-order valence-corrected chi connectivity index (χ0v) is 19.0. The van der Waals surface area contributed by atoms with Crippen LogP contribution < -0.4 is 0 Å². The van der Waals surface area contributed by atoms with E-state index in [1.165, 1.54) is 17.8 Å². The van der Waals surface area contributed by atoms with Gasteiger partial charge in [-0.2, -0.15) is 0 Å². The van der Waals surface area contributed by atoms with Crippen LogP contribution in [0.15, 0.2) is 32.7 Å². The second kappa shape index (κ2) is 7.01. The molecule has 0 N–H and O–H groups in total. The van der Waals surface area contributed by atoms with E-state index in [4.69, 9.17) is 4.42 Å². The lowest BCUT2D eigenvalue weighted by molar-refractivity contribution is -0.129. The smallest absolute Gasteiger partial charge is 0.257 e. The normalized spacial score (nSPS) is 26.2. The first kappa shape index (κ1) is 20.7. The number of benzene rings is 1. The minimum atomic E-state index is -3.29. The Hall–Kier alpha value is -1.54. The average Bonchev–Trinajstić information content (AvgIpc) is 3.15. The number of fused-ring (bicyclic) bond motifs is 3. The molecule has 0 unspecified atom stereocenters. The highest BCUT2D eigenvalue weighted by Gasteiger charge is 2.50. The molecule has 2 bridgehead atoms. The number of hydrogen-bond donors (Lipinski definition) is 0. The van der Waals surface area contributed by atoms with E-state index in [1.54, 1.807) is 19.1 Å². The van der Waals surface area contributed by atoms with Crippen molar-refractivity contribution in [2.45, 2.75) is 63.1 Å². The summed E-state index contributed by atoms with van der Waals surface area (Å²) in [7, 11) is -3.29. The number of likely N-dealkylation sites (tertiary alicyclic amines) is 1. The Morgan fingerprint density at radius 2 is 2.07 bits per heavy atom. The summed E-state index contributed by atoms with van der Waals surface area (Å²) in [6.45, 7) is 9.33. The summed E-state index contributed by atoms with van der Waals surface area (Å²) < 4.78 is 29.8. The van der Waals surface area contributed by atoms with Crippen molar-refractivity contribution in [3.05, 3.63) is 18.2 Å². The second-order valence-electron chi connectivity index (χ2n) is 9.54. The number of carbonyl (C=O) groups excluding carboxylic acids is 1. The SMILES string of the molecule is CCS(=O)(=O)c1ccc2oc(SCC(=O)N3C[C@]4(C)C[C@H]3CC(C)(C)C4)nc2c1. The lowest BCUT2D eigenvalue weighted by Gasteiger charge is -2.39. The zero-order valence-electron chi connectivity index (χ0n) is 17.4. The number of nitrogens with zero attached hydrogens (tertiary/aromatic N) is 2. The Kier molecular flexibility index (Phi) is 5.01. The number of rotatable bonds is 5. The molecule has 1 amide bonds. The van der Waals surface area contributed by atoms with Crippen molar-refractivity contribution in [3.63, 3.8) is 0 Å². The summed E-state index contributed by atoms with van der Waals surface area (Å²) in [6, 6.07) is 5.03. The molecule has 29 heavy (non-hydrogen) atoms. The summed E-state index contributed by atoms with van der Waals surface area (Å²) in [4.78, 5) is 19.6. The van der Waals surface area contributed by atoms with Crippen LogP contribution in [-0.4, -0.2) is 48.3 Å². The van der Waals surface area contributed by atoms with Gasteiger partial charge in [-0.05, 0) is 48.3 Å². The van der Waals surface area contributed by atoms with Crippen molar-refractivity contribution < 1.29 is 17.6 Å². The summed E-state index contributed by atoms with van der Waals surface area (Å²) in [5, 5.41) is 0.396. The van der Waals surface area contributed by atoms with Crippen LogP contribution >= 0.6 is 11.8 Å². The molecular weight excluding hydrogens is 408 g/mol. The first-order valence-electron chi connectivity index (χ1n) is 10.1. The summed E-state index contributed by atoms with van der Waals surface area (Å²) >= 11 is 1.27. The largest absolute Gasteiger partial charge is 0.431 e. The summed E-state index contributed by atoms with van der Waals surface area (Å²) in [5.41, 5.74) is 1.52. The van der Waals surface area contributed by atoms with E-state index in [0.717, 1.165) is 25.8 Å². The molecule has 2 aromatic rings. The highest BCUT2D eigenvalue weighted by molar-refractivity contribution is 7.99. The van der Waals surface area contributed by atoms with Gasteiger partial charge in [-0.25, -0.2) is 13.4 Å². The minimum Gasteiger partial charge on any atom is -0.431 e. The van der Waals surface area contributed by atoms with Crippen molar-refractivity contribution >= 4 is 38.6 Å². The molecule has 1 saturated heterocycles. The molecule has 1 aliphatic heterocycles. The van der Waals surface area contributed by atoms with Crippen LogP contribution in [0.3, 0.4) is 0 Å². The van der Waals surface area contributed by atoms with Gasteiger partial charge in [0.05, 0.1) is 16.4 Å². The predicted octanol–water partition coefficient (Wildman–Crippen LogP) is 4.14. The molecule has 8 heteroatoms. The maximum absolute atomic E-state index is 12.9. The standard InChI is InChI=1S/C21H28N2O4S2/c1-5-29(25,26)15-6-7-17-16(8-15)22-19(27-17)28-11-18(24)23-13-21(4)10-14(23)9-20(2,3)12-21/h6-8,14H,5,9-13H2,1-4H3/t14-,21-/m1/s1. The summed E-state index contributed by atoms with van der Waals surface area (Å²) in [6.07, 6.45) is 3.29. The van der Waals surface area contributed by atoms with Gasteiger partial charge in [-0.1, -0.05) is 39.5 Å². The van der Waals surface area contributed by atoms with Crippen LogP contribution in [0.1, 0.15) is 47.0 Å². The van der Waals surface area contributed by atoms with Gasteiger partial charge in [-0.15, -0.1) is 0 Å². The molecule has 0 radical (unpaired) electrons. The average molecular weight is 437 g/mol. The Morgan fingerprint density at radius 1 is 1.31 bits per heavy atom. The fourth-order valence-electron chi connectivity index (χ4n) is 5.27. The van der Waals surface area contributed by atoms with Crippen LogP contribution in [0.25, 0.3) is 11.1 Å². The van der Waals surface area contributed by atoms with Crippen molar-refractivity contribution in [2.24, 2.45) is 10.8 Å². The first-order chi connectivity index (χ1) is 13.5. The number of amides is 1. The van der Waals surface area contributed by atoms with Crippen molar-refractivity contribution in [1.82, 2.24) is 9.88 Å². The molecule has 1 aromatic carbocycles. The van der Waals surface area contributed by atoms with E-state index in [9.17, 15) is 13.2 Å². The van der Waals surface area contributed by atoms with Crippen LogP contribution in [-0.2, 0) is 14.6 Å². The molecule has 1 aromatic heterocycles. The van der Waals surface area contributed by atoms with Gasteiger partial charge in [0.25, 0.3) is 5.22 Å². The van der Waals surface area contributed by atoms with Gasteiger partial charge in [0, 0.05) is 12.6 Å². The number of hydrogen-bond acceptors (Lipinski definition) is 6. The molecule has 6 nitrogen and oxygen atoms in total. The van der Waals surface area contributed by atoms with Gasteiger partial charge >= 0.3 is 0 Å². The van der Waals surface area contributed by atoms with Gasteiger partial charge in [0.15, 0.2) is 15.4 Å². The maximum atomic E-state index is 12.9. The molecule has 2 atom stereocenters. The van der Waals surface area contributed by atoms with Gasteiger partial charge < -0.3 is 9.32 Å². The van der Waals surface area contributed by atoms with Crippen LogP contribution in [0.5, 0.6) is 0 Å². The number of carbonyl (C=O) groups is 1. The zero-order chi connectivity index (χ0) is 21.0. The monoisotopic (exact) mass is 436 g/mol. The lowest BCUT2D eigenvalue weighted by Crippen LogP contribution is -2.38. The summed E-state index contributed by atoms with van der Waals surface area (Å²) in [5.74, 6) is 0.442. The lowest BCUT2D eigenvalue weighted by atomic mass is 9.65. The maximum Gasteiger partial charge on any atom is 0.257 e. The Morgan fingerprint density at radius 3 is 2.79 bits per heavy atom. The number of oxazole rings is 1. The number of thioether (sulfide) groups is 1. The minimum absolute atomic E-state index is 0.0409. The third-order valence-electron chi connectivity index (χ3n) is 6.13. The topological polar surface area (TPSA) is 80.5 Å². The van der Waals surface area contributed by atoms with Crippen LogP contribution in [0.4, 0.5) is 0 Å². The fourth-order valence-corrected chi connectivity index (χ4v) is 6.89. The van der Waals surface area contributed by atoms with Crippen molar-refractivity contribution in [2.75, 3.05) is 18.1 Å². The van der Waals surface area contributed by atoms with E-state index < -0.39 is 9.84 Å². The molecule has 1 saturated carbocycles. The van der Waals surface area contributed by atoms with Gasteiger partial charge in [0.1, 0.15) is 5.52 Å². The third kappa shape index (κ3) is 4.06. The Labute approximate surface area is 176 Å². The molecule has 158 valence electrons. The fraction of sp³-hybridized carbons (Fsp3) is 0.619. The molecule has 0 spiro atoms. The van der Waals surface area contributed by atoms with E-state index in [-0.39, 0.29) is 33.1 Å². The molecule has 2 fully saturated rings. The molecule has 2 heterocycles. The first-order valence-corrected chi connectivity index (χ1v) is 12.7. The van der Waals surface area contributed by atoms with Crippen molar-refractivity contribution in [3.8, 4) is 0 Å². The highest BCUT2D eigenvalue weighted by Crippen LogP contribution is 2.52. The highest BCUT2D eigenvalue weighted by atomic mass is 32.2. The van der Waals surface area contributed by atoms with Crippen molar-refractivity contribution in [1.29, 1.82) is 0 Å². The third-order valence-corrected chi connectivity index (χ3v) is 8.68. The molecule has 2 aliphatic rings. The van der Waals surface area contributed by atoms with E-state index in [2.05, 4.69) is 30.7 Å². The predicted molar refractivity (Wildman–Crippen MR) is 114 cm³/mol. The Bertz CT molecular complexity index is 1060. The van der Waals surface area contributed by atoms with E-state index in [0.29, 0.717) is 22.4 Å². The van der Waals surface area contributed by atoms with E-state index in [1.807, 2.05) is 0 Å². The quantitative estimate of drug-likeness (QED) is 0.655. The molecule has 1 aliphatic carbocycles. The number of sulfone groups is 1. The molecule has 4 rings (SSSR count). The van der Waals surface area contributed by atoms with Gasteiger partial charge in [0.2, 0.25) is 5.91 Å². The van der Waals surface area contributed by atoms with Gasteiger partial charge in [-0.3, -0.25) is 4.79 Å². The second-order valence-corrected chi connectivity index (χ2v) is 12.7. The Balaban J connectivity index is 1.45.